The van der Waals surface area contributed by atoms with E-state index in [1.165, 1.54) is 70.9 Å². The van der Waals surface area contributed by atoms with Crippen LogP contribution in [0.4, 0.5) is 0 Å². The maximum absolute atomic E-state index is 9.24. The van der Waals surface area contributed by atoms with Crippen molar-refractivity contribution in [2.45, 2.75) is 70.3 Å². The molecule has 1 aliphatic carbocycles. The minimum Gasteiger partial charge on any atom is -0.411 e. The molecule has 1 aliphatic heterocycles. The number of oxime groups is 1. The van der Waals surface area contributed by atoms with Crippen LogP contribution >= 0.6 is 0 Å². The molecule has 1 unspecified atom stereocenters. The Hall–Kier alpha value is -0.570. The Labute approximate surface area is 105 Å². The zero-order valence-corrected chi connectivity index (χ0v) is 10.9. The summed E-state index contributed by atoms with van der Waals surface area (Å²) in [5.41, 5.74) is 1.05. The summed E-state index contributed by atoms with van der Waals surface area (Å²) >= 11 is 0. The molecule has 2 fully saturated rings. The quantitative estimate of drug-likeness (QED) is 0.561. The van der Waals surface area contributed by atoms with E-state index in [4.69, 9.17) is 0 Å². The molecular formula is C14H26N2O. The molecule has 0 radical (unpaired) electrons. The fraction of sp³-hybridized carbons (Fsp3) is 0.929. The minimum absolute atomic E-state index is 0.429. The van der Waals surface area contributed by atoms with Gasteiger partial charge in [0, 0.05) is 0 Å². The van der Waals surface area contributed by atoms with Crippen LogP contribution < -0.4 is 0 Å². The lowest BCUT2D eigenvalue weighted by Crippen LogP contribution is -2.42. The number of hydrogen-bond donors (Lipinski definition) is 1. The van der Waals surface area contributed by atoms with Gasteiger partial charge in [0.2, 0.25) is 0 Å². The summed E-state index contributed by atoms with van der Waals surface area (Å²) in [4.78, 5) is 2.58. The first-order valence-electron chi connectivity index (χ1n) is 7.36. The molecule has 3 heteroatoms. The Morgan fingerprint density at radius 2 is 1.53 bits per heavy atom. The van der Waals surface area contributed by atoms with E-state index in [-0.39, 0.29) is 0 Å². The molecule has 98 valence electrons. The van der Waals surface area contributed by atoms with Crippen molar-refractivity contribution < 1.29 is 5.21 Å². The van der Waals surface area contributed by atoms with Crippen LogP contribution in [0.3, 0.4) is 0 Å². The third kappa shape index (κ3) is 3.70. The Morgan fingerprint density at radius 3 is 2.24 bits per heavy atom. The minimum atomic E-state index is 0.429. The average molecular weight is 238 g/mol. The van der Waals surface area contributed by atoms with Crippen LogP contribution in [0, 0.1) is 0 Å². The van der Waals surface area contributed by atoms with Crippen LogP contribution in [-0.4, -0.2) is 35.0 Å². The number of rotatable bonds is 1. The summed E-state index contributed by atoms with van der Waals surface area (Å²) in [6.45, 7) is 2.40. The topological polar surface area (TPSA) is 35.8 Å². The molecule has 0 aromatic heterocycles. The maximum atomic E-state index is 9.24. The molecule has 3 nitrogen and oxygen atoms in total. The first kappa shape index (κ1) is 12.9. The number of hydrogen-bond acceptors (Lipinski definition) is 3. The molecule has 0 aromatic carbocycles. The van der Waals surface area contributed by atoms with Gasteiger partial charge in [-0.05, 0) is 45.2 Å². The van der Waals surface area contributed by atoms with Gasteiger partial charge < -0.3 is 5.21 Å². The molecule has 2 rings (SSSR count). The smallest absolute Gasteiger partial charge is 0.0742 e. The fourth-order valence-corrected chi connectivity index (χ4v) is 3.25. The molecule has 1 saturated carbocycles. The van der Waals surface area contributed by atoms with Crippen molar-refractivity contribution in [3.63, 3.8) is 0 Å². The predicted molar refractivity (Wildman–Crippen MR) is 70.8 cm³/mol. The number of likely N-dealkylation sites (tertiary alicyclic amines) is 1. The predicted octanol–water partition coefficient (Wildman–Crippen LogP) is 3.42. The molecule has 1 saturated heterocycles. The highest BCUT2D eigenvalue weighted by Crippen LogP contribution is 2.22. The van der Waals surface area contributed by atoms with E-state index >= 15 is 0 Å². The van der Waals surface area contributed by atoms with Crippen molar-refractivity contribution in [3.8, 4) is 0 Å². The van der Waals surface area contributed by atoms with Crippen LogP contribution in [-0.2, 0) is 0 Å². The first-order chi connectivity index (χ1) is 8.42. The van der Waals surface area contributed by atoms with Gasteiger partial charge in [0.25, 0.3) is 0 Å². The lowest BCUT2D eigenvalue weighted by Gasteiger charge is -2.32. The van der Waals surface area contributed by atoms with Crippen molar-refractivity contribution in [1.82, 2.24) is 4.90 Å². The van der Waals surface area contributed by atoms with Crippen molar-refractivity contribution in [2.24, 2.45) is 5.16 Å². The highest BCUT2D eigenvalue weighted by molar-refractivity contribution is 5.89. The van der Waals surface area contributed by atoms with Crippen LogP contribution in [0.25, 0.3) is 0 Å². The largest absolute Gasteiger partial charge is 0.411 e. The maximum Gasteiger partial charge on any atom is 0.0742 e. The highest BCUT2D eigenvalue weighted by atomic mass is 16.4. The summed E-state index contributed by atoms with van der Waals surface area (Å²) in [6, 6.07) is 0.429. The van der Waals surface area contributed by atoms with Crippen molar-refractivity contribution >= 4 is 5.71 Å². The molecule has 1 atom stereocenters. The van der Waals surface area contributed by atoms with Crippen molar-refractivity contribution in [2.75, 3.05) is 13.1 Å². The van der Waals surface area contributed by atoms with E-state index in [2.05, 4.69) is 10.1 Å². The van der Waals surface area contributed by atoms with Gasteiger partial charge in [-0.25, -0.2) is 0 Å². The SMILES string of the molecule is O/N=C1\CCCCCCC1N1CCCCCC1. The van der Waals surface area contributed by atoms with Crippen molar-refractivity contribution in [3.05, 3.63) is 0 Å². The molecule has 1 N–H and O–H groups in total. The second-order valence-electron chi connectivity index (χ2n) is 5.51. The number of nitrogens with zero attached hydrogens (tertiary/aromatic N) is 2. The van der Waals surface area contributed by atoms with E-state index in [9.17, 15) is 5.21 Å². The lowest BCUT2D eigenvalue weighted by molar-refractivity contribution is 0.224. The van der Waals surface area contributed by atoms with Crippen molar-refractivity contribution in [1.29, 1.82) is 0 Å². The molecule has 0 bridgehead atoms. The molecule has 0 aromatic rings. The van der Waals surface area contributed by atoms with E-state index in [1.807, 2.05) is 0 Å². The second kappa shape index (κ2) is 7.00. The van der Waals surface area contributed by atoms with E-state index < -0.39 is 0 Å². The summed E-state index contributed by atoms with van der Waals surface area (Å²) in [6.07, 6.45) is 12.7. The van der Waals surface area contributed by atoms with E-state index in [1.54, 1.807) is 0 Å². The van der Waals surface area contributed by atoms with Gasteiger partial charge >= 0.3 is 0 Å². The summed E-state index contributed by atoms with van der Waals surface area (Å²) in [5.74, 6) is 0. The van der Waals surface area contributed by atoms with Crippen LogP contribution in [0.2, 0.25) is 0 Å². The van der Waals surface area contributed by atoms with Gasteiger partial charge in [0.15, 0.2) is 0 Å². The highest BCUT2D eigenvalue weighted by Gasteiger charge is 2.25. The Kier molecular flexibility index (Phi) is 5.30. The normalized spacial score (nSPS) is 31.8. The average Bonchev–Trinajstić information content (AvgIpc) is 2.58. The molecule has 1 heterocycles. The molecule has 0 amide bonds. The third-order valence-corrected chi connectivity index (χ3v) is 4.25. The molecule has 2 aliphatic rings. The molecule has 17 heavy (non-hydrogen) atoms. The van der Waals surface area contributed by atoms with E-state index in [0.29, 0.717) is 6.04 Å². The van der Waals surface area contributed by atoms with Gasteiger partial charge in [-0.2, -0.15) is 0 Å². The summed E-state index contributed by atoms with van der Waals surface area (Å²) in [7, 11) is 0. The molecular weight excluding hydrogens is 212 g/mol. The first-order valence-corrected chi connectivity index (χ1v) is 7.36. The zero-order chi connectivity index (χ0) is 11.9. The molecule has 0 spiro atoms. The second-order valence-corrected chi connectivity index (χ2v) is 5.51. The lowest BCUT2D eigenvalue weighted by atomic mass is 9.93. The summed E-state index contributed by atoms with van der Waals surface area (Å²) in [5, 5.41) is 12.9. The van der Waals surface area contributed by atoms with Gasteiger partial charge in [-0.3, -0.25) is 4.90 Å². The fourth-order valence-electron chi connectivity index (χ4n) is 3.25. The van der Waals surface area contributed by atoms with E-state index in [0.717, 1.165) is 12.1 Å². The van der Waals surface area contributed by atoms with Gasteiger partial charge in [-0.1, -0.05) is 37.3 Å². The van der Waals surface area contributed by atoms with Crippen LogP contribution in [0.1, 0.15) is 64.2 Å². The Morgan fingerprint density at radius 1 is 0.882 bits per heavy atom. The standard InChI is InChI=1S/C14H26N2O/c17-15-13-9-5-1-2-6-10-14(13)16-11-7-3-4-8-12-16/h14,17H,1-12H2/b15-13+. The Bertz CT molecular complexity index is 245. The Balaban J connectivity index is 2.01. The third-order valence-electron chi connectivity index (χ3n) is 4.25. The van der Waals surface area contributed by atoms with Gasteiger partial charge in [0.05, 0.1) is 11.8 Å². The zero-order valence-electron chi connectivity index (χ0n) is 10.9. The summed E-state index contributed by atoms with van der Waals surface area (Å²) < 4.78 is 0. The van der Waals surface area contributed by atoms with Crippen LogP contribution in [0.5, 0.6) is 0 Å². The monoisotopic (exact) mass is 238 g/mol. The van der Waals surface area contributed by atoms with Gasteiger partial charge in [-0.15, -0.1) is 0 Å². The van der Waals surface area contributed by atoms with Crippen LogP contribution in [0.15, 0.2) is 5.16 Å². The van der Waals surface area contributed by atoms with Gasteiger partial charge in [0.1, 0.15) is 0 Å².